The second-order valence-electron chi connectivity index (χ2n) is 3.17. The largest absolute Gasteiger partial charge is 0.481 e. The Morgan fingerprint density at radius 1 is 1.53 bits per heavy atom. The van der Waals surface area contributed by atoms with E-state index in [1.54, 1.807) is 6.20 Å². The molecule has 0 atom stereocenters. The maximum absolute atomic E-state index is 10.2. The Hall–Kier alpha value is -2.02. The van der Waals surface area contributed by atoms with E-state index < -0.39 is 5.97 Å². The Morgan fingerprint density at radius 2 is 2.27 bits per heavy atom. The summed E-state index contributed by atoms with van der Waals surface area (Å²) >= 11 is 0. The number of aliphatic carboxylic acids is 1. The van der Waals surface area contributed by atoms with E-state index in [1.807, 2.05) is 31.1 Å². The Balaban J connectivity index is 2.71. The number of aromatic nitrogens is 1. The van der Waals surface area contributed by atoms with Crippen LogP contribution in [0.25, 0.3) is 0 Å². The smallest absolute Gasteiger partial charge is 0.315 e. The second-order valence-corrected chi connectivity index (χ2v) is 3.17. The molecule has 1 rings (SSSR count). The van der Waals surface area contributed by atoms with Gasteiger partial charge in [-0.3, -0.25) is 4.79 Å². The van der Waals surface area contributed by atoms with Crippen molar-refractivity contribution in [3.05, 3.63) is 23.9 Å². The molecule has 1 aromatic heterocycles. The molecule has 0 aliphatic heterocycles. The molecule has 1 N–H and O–H groups in total. The van der Waals surface area contributed by atoms with E-state index in [0.29, 0.717) is 0 Å². The lowest BCUT2D eigenvalue weighted by Crippen LogP contribution is -2.10. The number of hydrogen-bond acceptors (Lipinski definition) is 3. The van der Waals surface area contributed by atoms with Gasteiger partial charge in [0.15, 0.2) is 0 Å². The third kappa shape index (κ3) is 3.69. The Labute approximate surface area is 88.6 Å². The van der Waals surface area contributed by atoms with Gasteiger partial charge in [-0.05, 0) is 12.1 Å². The van der Waals surface area contributed by atoms with Crippen molar-refractivity contribution in [1.82, 2.24) is 4.98 Å². The highest BCUT2D eigenvalue weighted by Gasteiger charge is 1.95. The van der Waals surface area contributed by atoms with Gasteiger partial charge in [0.1, 0.15) is 12.2 Å². The van der Waals surface area contributed by atoms with E-state index in [9.17, 15) is 4.79 Å². The molecule has 0 radical (unpaired) electrons. The quantitative estimate of drug-likeness (QED) is 0.729. The summed E-state index contributed by atoms with van der Waals surface area (Å²) in [7, 11) is 3.80. The molecule has 4 nitrogen and oxygen atoms in total. The van der Waals surface area contributed by atoms with Crippen LogP contribution in [-0.2, 0) is 4.79 Å². The number of carboxylic acid groups (broad SMARTS) is 1. The van der Waals surface area contributed by atoms with Crippen molar-refractivity contribution < 1.29 is 9.90 Å². The predicted molar refractivity (Wildman–Crippen MR) is 57.7 cm³/mol. The van der Waals surface area contributed by atoms with Gasteiger partial charge in [-0.25, -0.2) is 4.98 Å². The number of rotatable bonds is 2. The Bertz CT molecular complexity index is 399. The monoisotopic (exact) mass is 204 g/mol. The molecule has 0 spiro atoms. The topological polar surface area (TPSA) is 53.4 Å². The molecule has 1 heterocycles. The fourth-order valence-corrected chi connectivity index (χ4v) is 0.946. The van der Waals surface area contributed by atoms with Crippen molar-refractivity contribution in [2.24, 2.45) is 0 Å². The van der Waals surface area contributed by atoms with Crippen molar-refractivity contribution in [3.8, 4) is 11.8 Å². The summed E-state index contributed by atoms with van der Waals surface area (Å²) in [6, 6.07) is 3.65. The molecule has 1 aromatic rings. The molecule has 0 aliphatic carbocycles. The fourth-order valence-electron chi connectivity index (χ4n) is 0.946. The van der Waals surface area contributed by atoms with Gasteiger partial charge in [0, 0.05) is 25.9 Å². The van der Waals surface area contributed by atoms with Crippen LogP contribution in [0.5, 0.6) is 0 Å². The zero-order chi connectivity index (χ0) is 11.3. The van der Waals surface area contributed by atoms with Crippen LogP contribution in [0, 0.1) is 11.8 Å². The highest BCUT2D eigenvalue weighted by molar-refractivity contribution is 5.70. The minimum Gasteiger partial charge on any atom is -0.481 e. The first-order valence-electron chi connectivity index (χ1n) is 4.43. The normalized spacial score (nSPS) is 8.93. The third-order valence-corrected chi connectivity index (χ3v) is 1.68. The van der Waals surface area contributed by atoms with Crippen molar-refractivity contribution >= 4 is 11.8 Å². The second kappa shape index (κ2) is 5.01. The zero-order valence-electron chi connectivity index (χ0n) is 8.69. The molecule has 0 saturated carbocycles. The van der Waals surface area contributed by atoms with Gasteiger partial charge in [-0.2, -0.15) is 0 Å². The average Bonchev–Trinajstić information content (AvgIpc) is 2.18. The highest BCUT2D eigenvalue weighted by atomic mass is 16.4. The number of hydrogen-bond donors (Lipinski definition) is 1. The Kier molecular flexibility index (Phi) is 3.69. The lowest BCUT2D eigenvalue weighted by molar-refractivity contribution is -0.135. The molecule has 4 heteroatoms. The van der Waals surface area contributed by atoms with Gasteiger partial charge in [0.25, 0.3) is 0 Å². The van der Waals surface area contributed by atoms with Crippen molar-refractivity contribution in [2.75, 3.05) is 19.0 Å². The number of nitrogens with zero attached hydrogens (tertiary/aromatic N) is 2. The van der Waals surface area contributed by atoms with Crippen LogP contribution in [0.2, 0.25) is 0 Å². The van der Waals surface area contributed by atoms with Gasteiger partial charge in [0.2, 0.25) is 0 Å². The Morgan fingerprint density at radius 3 is 2.73 bits per heavy atom. The summed E-state index contributed by atoms with van der Waals surface area (Å²) in [5, 5.41) is 8.38. The summed E-state index contributed by atoms with van der Waals surface area (Å²) in [6.45, 7) is 0. The van der Waals surface area contributed by atoms with Gasteiger partial charge in [-0.15, -0.1) is 0 Å². The minimum atomic E-state index is -0.916. The zero-order valence-corrected chi connectivity index (χ0v) is 8.69. The fraction of sp³-hybridized carbons (Fsp3) is 0.273. The number of pyridine rings is 1. The molecule has 0 aromatic carbocycles. The van der Waals surface area contributed by atoms with E-state index in [-0.39, 0.29) is 6.42 Å². The van der Waals surface area contributed by atoms with Crippen molar-refractivity contribution in [1.29, 1.82) is 0 Å². The number of carbonyl (C=O) groups is 1. The van der Waals surface area contributed by atoms with Crippen LogP contribution in [-0.4, -0.2) is 30.2 Å². The van der Waals surface area contributed by atoms with E-state index in [1.165, 1.54) is 0 Å². The van der Waals surface area contributed by atoms with Crippen LogP contribution in [0.1, 0.15) is 12.0 Å². The molecular weight excluding hydrogens is 192 g/mol. The van der Waals surface area contributed by atoms with Gasteiger partial charge < -0.3 is 10.0 Å². The van der Waals surface area contributed by atoms with Crippen LogP contribution >= 0.6 is 0 Å². The SMILES string of the molecule is CN(C)c1ccc(C#CCC(=O)O)cn1. The molecule has 0 aliphatic rings. The number of carboxylic acids is 1. The first-order chi connectivity index (χ1) is 7.09. The van der Waals surface area contributed by atoms with E-state index >= 15 is 0 Å². The lowest BCUT2D eigenvalue weighted by Gasteiger charge is -2.09. The molecule has 78 valence electrons. The molecule has 0 amide bonds. The van der Waals surface area contributed by atoms with Gasteiger partial charge >= 0.3 is 5.97 Å². The molecular formula is C11H12N2O2. The van der Waals surface area contributed by atoms with Gasteiger partial charge in [-0.1, -0.05) is 11.8 Å². The maximum atomic E-state index is 10.2. The molecule has 15 heavy (non-hydrogen) atoms. The standard InChI is InChI=1S/C11H12N2O2/c1-13(2)10-7-6-9(8-12-10)4-3-5-11(14)15/h6-8H,5H2,1-2H3,(H,14,15). The van der Waals surface area contributed by atoms with Crippen LogP contribution < -0.4 is 4.90 Å². The molecule has 0 fully saturated rings. The van der Waals surface area contributed by atoms with E-state index in [2.05, 4.69) is 16.8 Å². The molecule has 0 saturated heterocycles. The first kappa shape index (κ1) is 11.1. The van der Waals surface area contributed by atoms with E-state index in [0.717, 1.165) is 11.4 Å². The van der Waals surface area contributed by atoms with E-state index in [4.69, 9.17) is 5.11 Å². The minimum absolute atomic E-state index is 0.143. The van der Waals surface area contributed by atoms with Crippen LogP contribution in [0.15, 0.2) is 18.3 Å². The third-order valence-electron chi connectivity index (χ3n) is 1.68. The predicted octanol–water partition coefficient (Wildman–Crippen LogP) is 0.974. The summed E-state index contributed by atoms with van der Waals surface area (Å²) in [5.41, 5.74) is 0.724. The lowest BCUT2D eigenvalue weighted by atomic mass is 10.2. The number of anilines is 1. The summed E-state index contributed by atoms with van der Waals surface area (Å²) in [4.78, 5) is 16.2. The average molecular weight is 204 g/mol. The van der Waals surface area contributed by atoms with Crippen molar-refractivity contribution in [2.45, 2.75) is 6.42 Å². The first-order valence-corrected chi connectivity index (χ1v) is 4.43. The maximum Gasteiger partial charge on any atom is 0.315 e. The van der Waals surface area contributed by atoms with Crippen LogP contribution in [0.4, 0.5) is 5.82 Å². The van der Waals surface area contributed by atoms with Gasteiger partial charge in [0.05, 0.1) is 0 Å². The summed E-state index contributed by atoms with van der Waals surface area (Å²) in [6.07, 6.45) is 1.49. The molecule has 0 bridgehead atoms. The summed E-state index contributed by atoms with van der Waals surface area (Å²) in [5.74, 6) is 5.21. The van der Waals surface area contributed by atoms with Crippen molar-refractivity contribution in [3.63, 3.8) is 0 Å². The molecule has 0 unspecified atom stereocenters. The highest BCUT2D eigenvalue weighted by Crippen LogP contribution is 2.06. The summed E-state index contributed by atoms with van der Waals surface area (Å²) < 4.78 is 0. The van der Waals surface area contributed by atoms with Crippen LogP contribution in [0.3, 0.4) is 0 Å².